The Kier molecular flexibility index (Phi) is 3.17. The summed E-state index contributed by atoms with van der Waals surface area (Å²) in [6, 6.07) is 0. The molecule has 0 aromatic carbocycles. The van der Waals surface area contributed by atoms with Crippen molar-refractivity contribution < 1.29 is 14.3 Å². The van der Waals surface area contributed by atoms with Gasteiger partial charge in [0.15, 0.2) is 0 Å². The first kappa shape index (κ1) is 10.2. The van der Waals surface area contributed by atoms with Gasteiger partial charge in [0.05, 0.1) is 13.3 Å². The van der Waals surface area contributed by atoms with Gasteiger partial charge < -0.3 is 4.74 Å². The third-order valence-electron chi connectivity index (χ3n) is 1.54. The lowest BCUT2D eigenvalue weighted by Crippen LogP contribution is -2.04. The molecule has 0 aliphatic heterocycles. The first-order valence-corrected chi connectivity index (χ1v) is 3.95. The van der Waals surface area contributed by atoms with E-state index in [1.54, 1.807) is 0 Å². The number of hydrogen-bond acceptors (Lipinski definition) is 4. The van der Waals surface area contributed by atoms with E-state index in [-0.39, 0.29) is 5.91 Å². The lowest BCUT2D eigenvalue weighted by Gasteiger charge is -1.89. The average Bonchev–Trinajstić information content (AvgIpc) is 2.62. The predicted octanol–water partition coefficient (Wildman–Crippen LogP) is 0.729. The van der Waals surface area contributed by atoms with E-state index in [4.69, 9.17) is 0 Å². The zero-order valence-corrected chi connectivity index (χ0v) is 7.93. The molecular weight excluding hydrogens is 184 g/mol. The van der Waals surface area contributed by atoms with Crippen molar-refractivity contribution in [2.24, 2.45) is 0 Å². The third-order valence-corrected chi connectivity index (χ3v) is 1.54. The summed E-state index contributed by atoms with van der Waals surface area (Å²) in [6.07, 6.45) is 5.81. The molecule has 1 aromatic rings. The van der Waals surface area contributed by atoms with Crippen molar-refractivity contribution in [3.05, 3.63) is 24.0 Å². The van der Waals surface area contributed by atoms with Crippen LogP contribution >= 0.6 is 0 Å². The molecule has 14 heavy (non-hydrogen) atoms. The zero-order chi connectivity index (χ0) is 10.6. The van der Waals surface area contributed by atoms with Gasteiger partial charge in [-0.3, -0.25) is 4.79 Å². The van der Waals surface area contributed by atoms with Crippen molar-refractivity contribution >= 4 is 18.0 Å². The molecule has 0 amide bonds. The number of carbonyl (C=O) groups is 2. The fraction of sp³-hybridized carbons (Fsp3) is 0.222. The third kappa shape index (κ3) is 2.55. The molecule has 74 valence electrons. The zero-order valence-electron chi connectivity index (χ0n) is 7.93. The summed E-state index contributed by atoms with van der Waals surface area (Å²) in [6.45, 7) is 1.40. The van der Waals surface area contributed by atoms with E-state index in [1.165, 1.54) is 43.3 Å². The number of methoxy groups -OCH3 is 1. The van der Waals surface area contributed by atoms with Gasteiger partial charge in [-0.25, -0.2) is 9.48 Å². The molecule has 0 aliphatic rings. The maximum Gasteiger partial charge on any atom is 0.330 e. The first-order chi connectivity index (χ1) is 6.63. The fourth-order valence-corrected chi connectivity index (χ4v) is 0.827. The number of hydrogen-bond donors (Lipinski definition) is 0. The van der Waals surface area contributed by atoms with Crippen LogP contribution in [-0.2, 0) is 9.53 Å². The quantitative estimate of drug-likeness (QED) is 0.514. The standard InChI is InChI=1S/C9H10N2O3/c1-7(12)11-6-8(5-10-11)3-4-9(13)14-2/h3-6H,1-2H3/b4-3-. The van der Waals surface area contributed by atoms with Crippen molar-refractivity contribution in [3.8, 4) is 0 Å². The highest BCUT2D eigenvalue weighted by molar-refractivity contribution is 5.87. The van der Waals surface area contributed by atoms with Gasteiger partial charge >= 0.3 is 5.97 Å². The van der Waals surface area contributed by atoms with Crippen LogP contribution in [-0.4, -0.2) is 28.8 Å². The average molecular weight is 194 g/mol. The SMILES string of the molecule is COC(=O)/C=C\c1cnn(C(C)=O)c1. The number of carbonyl (C=O) groups excluding carboxylic acids is 2. The Labute approximate surface area is 81.0 Å². The van der Waals surface area contributed by atoms with Crippen LogP contribution in [0.4, 0.5) is 0 Å². The van der Waals surface area contributed by atoms with E-state index in [0.29, 0.717) is 5.56 Å². The van der Waals surface area contributed by atoms with E-state index in [2.05, 4.69) is 9.84 Å². The van der Waals surface area contributed by atoms with Crippen molar-refractivity contribution in [1.82, 2.24) is 9.78 Å². The molecule has 0 radical (unpaired) electrons. The van der Waals surface area contributed by atoms with Crippen LogP contribution in [0.2, 0.25) is 0 Å². The summed E-state index contributed by atoms with van der Waals surface area (Å²) in [7, 11) is 1.30. The van der Waals surface area contributed by atoms with Gasteiger partial charge in [0.2, 0.25) is 5.91 Å². The number of rotatable bonds is 2. The molecule has 1 heterocycles. The Balaban J connectivity index is 2.73. The summed E-state index contributed by atoms with van der Waals surface area (Å²) in [5.74, 6) is -0.622. The Morgan fingerprint density at radius 3 is 2.79 bits per heavy atom. The maximum absolute atomic E-state index is 10.8. The van der Waals surface area contributed by atoms with Gasteiger partial charge in [-0.2, -0.15) is 5.10 Å². The topological polar surface area (TPSA) is 61.2 Å². The molecule has 0 aliphatic carbocycles. The lowest BCUT2D eigenvalue weighted by atomic mass is 10.3. The maximum atomic E-state index is 10.8. The van der Waals surface area contributed by atoms with E-state index in [1.807, 2.05) is 0 Å². The Hall–Kier alpha value is -1.91. The number of nitrogens with zero attached hydrogens (tertiary/aromatic N) is 2. The second kappa shape index (κ2) is 4.36. The molecule has 0 spiro atoms. The molecule has 0 atom stereocenters. The molecule has 0 N–H and O–H groups in total. The minimum atomic E-state index is -0.444. The highest BCUT2D eigenvalue weighted by Crippen LogP contribution is 2.00. The Morgan fingerprint density at radius 2 is 2.29 bits per heavy atom. The predicted molar refractivity (Wildman–Crippen MR) is 49.6 cm³/mol. The fourth-order valence-electron chi connectivity index (χ4n) is 0.827. The Bertz CT molecular complexity index is 379. The number of aromatic nitrogens is 2. The molecule has 0 saturated carbocycles. The molecule has 1 rings (SSSR count). The van der Waals surface area contributed by atoms with Crippen molar-refractivity contribution in [2.75, 3.05) is 7.11 Å². The van der Waals surface area contributed by atoms with Crippen molar-refractivity contribution in [3.63, 3.8) is 0 Å². The van der Waals surface area contributed by atoms with Crippen LogP contribution in [0, 0.1) is 0 Å². The summed E-state index contributed by atoms with van der Waals surface area (Å²) in [5.41, 5.74) is 0.672. The van der Waals surface area contributed by atoms with Crippen LogP contribution in [0.25, 0.3) is 6.08 Å². The smallest absolute Gasteiger partial charge is 0.330 e. The minimum Gasteiger partial charge on any atom is -0.466 e. The molecule has 0 fully saturated rings. The largest absolute Gasteiger partial charge is 0.466 e. The molecule has 1 aromatic heterocycles. The molecule has 5 nitrogen and oxygen atoms in total. The first-order valence-electron chi connectivity index (χ1n) is 3.95. The highest BCUT2D eigenvalue weighted by Gasteiger charge is 1.99. The van der Waals surface area contributed by atoms with Crippen LogP contribution < -0.4 is 0 Å². The second-order valence-corrected chi connectivity index (χ2v) is 2.59. The number of ether oxygens (including phenoxy) is 1. The van der Waals surface area contributed by atoms with Gasteiger partial charge in [-0.1, -0.05) is 0 Å². The van der Waals surface area contributed by atoms with E-state index >= 15 is 0 Å². The molecule has 0 bridgehead atoms. The second-order valence-electron chi connectivity index (χ2n) is 2.59. The summed E-state index contributed by atoms with van der Waals surface area (Å²) in [4.78, 5) is 21.6. The van der Waals surface area contributed by atoms with Crippen molar-refractivity contribution in [1.29, 1.82) is 0 Å². The van der Waals surface area contributed by atoms with E-state index < -0.39 is 5.97 Å². The van der Waals surface area contributed by atoms with Gasteiger partial charge in [-0.05, 0) is 6.08 Å². The highest BCUT2D eigenvalue weighted by atomic mass is 16.5. The van der Waals surface area contributed by atoms with Crippen LogP contribution in [0.3, 0.4) is 0 Å². The number of esters is 1. The monoisotopic (exact) mass is 194 g/mol. The van der Waals surface area contributed by atoms with Crippen LogP contribution in [0.1, 0.15) is 17.3 Å². The van der Waals surface area contributed by atoms with Gasteiger partial charge in [0.1, 0.15) is 0 Å². The van der Waals surface area contributed by atoms with Gasteiger partial charge in [-0.15, -0.1) is 0 Å². The molecule has 5 heteroatoms. The summed E-state index contributed by atoms with van der Waals surface area (Å²) < 4.78 is 5.60. The lowest BCUT2D eigenvalue weighted by molar-refractivity contribution is -0.134. The normalized spacial score (nSPS) is 10.4. The molecular formula is C9H10N2O3. The van der Waals surface area contributed by atoms with E-state index in [9.17, 15) is 9.59 Å². The Morgan fingerprint density at radius 1 is 1.57 bits per heavy atom. The summed E-state index contributed by atoms with van der Waals surface area (Å²) >= 11 is 0. The minimum absolute atomic E-state index is 0.178. The molecule has 0 unspecified atom stereocenters. The van der Waals surface area contributed by atoms with Crippen LogP contribution in [0.15, 0.2) is 18.5 Å². The molecule has 0 saturated heterocycles. The van der Waals surface area contributed by atoms with E-state index in [0.717, 1.165) is 0 Å². The van der Waals surface area contributed by atoms with Crippen molar-refractivity contribution in [2.45, 2.75) is 6.92 Å². The van der Waals surface area contributed by atoms with Gasteiger partial charge in [0.25, 0.3) is 0 Å². The van der Waals surface area contributed by atoms with Gasteiger partial charge in [0, 0.05) is 24.8 Å². The summed E-state index contributed by atoms with van der Waals surface area (Å²) in [5, 5.41) is 3.78. The van der Waals surface area contributed by atoms with Crippen LogP contribution in [0.5, 0.6) is 0 Å².